The lowest BCUT2D eigenvalue weighted by molar-refractivity contribution is -0.384. The Bertz CT molecular complexity index is 977. The Balaban J connectivity index is 1.51. The van der Waals surface area contributed by atoms with Crippen molar-refractivity contribution in [2.75, 3.05) is 11.1 Å². The molecular weight excluding hydrogens is 384 g/mol. The number of thioether (sulfide) groups is 1. The van der Waals surface area contributed by atoms with Gasteiger partial charge in [-0.15, -0.1) is 10.2 Å². The first-order chi connectivity index (χ1) is 13.5. The van der Waals surface area contributed by atoms with E-state index in [1.807, 2.05) is 18.2 Å². The standard InChI is InChI=1S/C18H16N4O5S/c1-12-7-8-14(15(9-12)22(24)25)19-16(23)11-28-18-21-20-17(27-18)10-26-13-5-3-2-4-6-13/h2-9H,10-11H2,1H3,(H,19,23). The molecule has 0 bridgehead atoms. The zero-order valence-corrected chi connectivity index (χ0v) is 15.6. The Morgan fingerprint density at radius 3 is 2.79 bits per heavy atom. The molecule has 1 aromatic heterocycles. The molecule has 0 aliphatic rings. The Labute approximate surface area is 164 Å². The maximum Gasteiger partial charge on any atom is 0.293 e. The van der Waals surface area contributed by atoms with Gasteiger partial charge >= 0.3 is 0 Å². The first-order valence-corrected chi connectivity index (χ1v) is 9.18. The average Bonchev–Trinajstić information content (AvgIpc) is 3.15. The molecule has 1 heterocycles. The van der Waals surface area contributed by atoms with Crippen LogP contribution < -0.4 is 10.1 Å². The summed E-state index contributed by atoms with van der Waals surface area (Å²) in [6, 6.07) is 13.8. The second-order valence-electron chi connectivity index (χ2n) is 5.68. The van der Waals surface area contributed by atoms with Crippen molar-refractivity contribution in [2.24, 2.45) is 0 Å². The summed E-state index contributed by atoms with van der Waals surface area (Å²) in [7, 11) is 0. The minimum absolute atomic E-state index is 0.0355. The molecular formula is C18H16N4O5S. The molecule has 0 aliphatic heterocycles. The van der Waals surface area contributed by atoms with E-state index in [-0.39, 0.29) is 34.8 Å². The van der Waals surface area contributed by atoms with Gasteiger partial charge < -0.3 is 14.5 Å². The van der Waals surface area contributed by atoms with Gasteiger partial charge in [0.15, 0.2) is 6.61 Å². The lowest BCUT2D eigenvalue weighted by Gasteiger charge is -2.05. The van der Waals surface area contributed by atoms with Gasteiger partial charge in [-0.05, 0) is 30.7 Å². The van der Waals surface area contributed by atoms with E-state index in [2.05, 4.69) is 15.5 Å². The fraction of sp³-hybridized carbons (Fsp3) is 0.167. The molecule has 9 nitrogen and oxygen atoms in total. The first-order valence-electron chi connectivity index (χ1n) is 8.19. The molecule has 10 heteroatoms. The highest BCUT2D eigenvalue weighted by molar-refractivity contribution is 7.99. The summed E-state index contributed by atoms with van der Waals surface area (Å²) in [5.74, 6) is 0.499. The van der Waals surface area contributed by atoms with Crippen LogP contribution in [-0.2, 0) is 11.4 Å². The maximum absolute atomic E-state index is 12.1. The second-order valence-corrected chi connectivity index (χ2v) is 6.60. The van der Waals surface area contributed by atoms with E-state index in [0.29, 0.717) is 5.75 Å². The van der Waals surface area contributed by atoms with Crippen LogP contribution in [0.25, 0.3) is 0 Å². The molecule has 1 amide bonds. The third-order valence-electron chi connectivity index (χ3n) is 3.50. The summed E-state index contributed by atoms with van der Waals surface area (Å²) in [5.41, 5.74) is 0.718. The lowest BCUT2D eigenvalue weighted by atomic mass is 10.2. The number of para-hydroxylation sites is 1. The van der Waals surface area contributed by atoms with Crippen molar-refractivity contribution in [2.45, 2.75) is 18.8 Å². The predicted octanol–water partition coefficient (Wildman–Crippen LogP) is 3.60. The van der Waals surface area contributed by atoms with Gasteiger partial charge in [-0.1, -0.05) is 36.0 Å². The van der Waals surface area contributed by atoms with Crippen molar-refractivity contribution in [1.82, 2.24) is 10.2 Å². The fourth-order valence-electron chi connectivity index (χ4n) is 2.23. The van der Waals surface area contributed by atoms with Gasteiger partial charge in [0.1, 0.15) is 11.4 Å². The average molecular weight is 400 g/mol. The topological polar surface area (TPSA) is 120 Å². The van der Waals surface area contributed by atoms with Gasteiger partial charge in [-0.25, -0.2) is 0 Å². The molecule has 0 fully saturated rings. The number of anilines is 1. The zero-order chi connectivity index (χ0) is 19.9. The van der Waals surface area contributed by atoms with Gasteiger partial charge in [0, 0.05) is 6.07 Å². The monoisotopic (exact) mass is 400 g/mol. The molecule has 0 unspecified atom stereocenters. The number of carbonyl (C=O) groups excluding carboxylic acids is 1. The Morgan fingerprint density at radius 1 is 1.25 bits per heavy atom. The minimum Gasteiger partial charge on any atom is -0.484 e. The van der Waals surface area contributed by atoms with Crippen molar-refractivity contribution >= 4 is 29.0 Å². The molecule has 0 radical (unpaired) electrons. The van der Waals surface area contributed by atoms with Gasteiger partial charge in [0.05, 0.1) is 10.7 Å². The predicted molar refractivity (Wildman–Crippen MR) is 102 cm³/mol. The molecule has 144 valence electrons. The molecule has 0 aliphatic carbocycles. The number of ether oxygens (including phenoxy) is 1. The normalized spacial score (nSPS) is 10.5. The number of amides is 1. The summed E-state index contributed by atoms with van der Waals surface area (Å²) < 4.78 is 10.9. The fourth-order valence-corrected chi connectivity index (χ4v) is 2.81. The highest BCUT2D eigenvalue weighted by Crippen LogP contribution is 2.26. The molecule has 0 saturated carbocycles. The first kappa shape index (κ1) is 19.4. The van der Waals surface area contributed by atoms with Gasteiger partial charge in [0.25, 0.3) is 16.8 Å². The van der Waals surface area contributed by atoms with Crippen LogP contribution in [0.5, 0.6) is 5.75 Å². The van der Waals surface area contributed by atoms with Crippen LogP contribution in [0.3, 0.4) is 0 Å². The highest BCUT2D eigenvalue weighted by atomic mass is 32.2. The van der Waals surface area contributed by atoms with Gasteiger partial charge in [-0.2, -0.15) is 0 Å². The number of aromatic nitrogens is 2. The van der Waals surface area contributed by atoms with Crippen molar-refractivity contribution in [3.63, 3.8) is 0 Å². The summed E-state index contributed by atoms with van der Waals surface area (Å²) in [4.78, 5) is 22.7. The number of carbonyl (C=O) groups is 1. The molecule has 3 aromatic rings. The minimum atomic E-state index is -0.535. The molecule has 0 spiro atoms. The van der Waals surface area contributed by atoms with E-state index < -0.39 is 10.8 Å². The number of hydrogen-bond donors (Lipinski definition) is 1. The van der Waals surface area contributed by atoms with E-state index in [9.17, 15) is 14.9 Å². The van der Waals surface area contributed by atoms with Crippen molar-refractivity contribution in [3.05, 3.63) is 70.1 Å². The summed E-state index contributed by atoms with van der Waals surface area (Å²) in [6.45, 7) is 1.85. The number of rotatable bonds is 8. The summed E-state index contributed by atoms with van der Waals surface area (Å²) in [6.07, 6.45) is 0. The van der Waals surface area contributed by atoms with Crippen LogP contribution in [0, 0.1) is 17.0 Å². The van der Waals surface area contributed by atoms with Gasteiger partial charge in [-0.3, -0.25) is 14.9 Å². The number of nitrogens with zero attached hydrogens (tertiary/aromatic N) is 3. The van der Waals surface area contributed by atoms with E-state index in [1.54, 1.807) is 25.1 Å². The molecule has 3 rings (SSSR count). The van der Waals surface area contributed by atoms with Crippen LogP contribution in [0.1, 0.15) is 11.5 Å². The summed E-state index contributed by atoms with van der Waals surface area (Å²) in [5, 5.41) is 21.5. The molecule has 2 aromatic carbocycles. The number of nitrogens with one attached hydrogen (secondary N) is 1. The van der Waals surface area contributed by atoms with Crippen LogP contribution in [0.4, 0.5) is 11.4 Å². The zero-order valence-electron chi connectivity index (χ0n) is 14.8. The summed E-state index contributed by atoms with van der Waals surface area (Å²) >= 11 is 1.03. The van der Waals surface area contributed by atoms with E-state index in [1.165, 1.54) is 12.1 Å². The van der Waals surface area contributed by atoms with Crippen LogP contribution in [-0.4, -0.2) is 26.8 Å². The largest absolute Gasteiger partial charge is 0.484 e. The SMILES string of the molecule is Cc1ccc(NC(=O)CSc2nnc(COc3ccccc3)o2)c([N+](=O)[O-])c1. The second kappa shape index (κ2) is 9.00. The van der Waals surface area contributed by atoms with Crippen molar-refractivity contribution in [3.8, 4) is 5.75 Å². The lowest BCUT2D eigenvalue weighted by Crippen LogP contribution is -2.15. The number of benzene rings is 2. The number of nitro benzene ring substituents is 1. The number of hydrogen-bond acceptors (Lipinski definition) is 8. The smallest absolute Gasteiger partial charge is 0.293 e. The third kappa shape index (κ3) is 5.30. The molecule has 1 N–H and O–H groups in total. The number of aryl methyl sites for hydroxylation is 1. The van der Waals surface area contributed by atoms with Crippen LogP contribution in [0.2, 0.25) is 0 Å². The van der Waals surface area contributed by atoms with Crippen LogP contribution in [0.15, 0.2) is 58.2 Å². The molecule has 0 saturated heterocycles. The van der Waals surface area contributed by atoms with E-state index in [0.717, 1.165) is 17.3 Å². The van der Waals surface area contributed by atoms with Crippen molar-refractivity contribution in [1.29, 1.82) is 0 Å². The molecule has 0 atom stereocenters. The van der Waals surface area contributed by atoms with Crippen LogP contribution >= 0.6 is 11.8 Å². The van der Waals surface area contributed by atoms with Gasteiger partial charge in [0.2, 0.25) is 5.91 Å². The Hall–Kier alpha value is -3.40. The molecule has 28 heavy (non-hydrogen) atoms. The Morgan fingerprint density at radius 2 is 2.04 bits per heavy atom. The van der Waals surface area contributed by atoms with E-state index in [4.69, 9.17) is 9.15 Å². The Kier molecular flexibility index (Phi) is 6.22. The quantitative estimate of drug-likeness (QED) is 0.346. The maximum atomic E-state index is 12.1. The van der Waals surface area contributed by atoms with E-state index >= 15 is 0 Å². The highest BCUT2D eigenvalue weighted by Gasteiger charge is 2.17. The third-order valence-corrected chi connectivity index (χ3v) is 4.32. The van der Waals surface area contributed by atoms with Crippen molar-refractivity contribution < 1.29 is 18.9 Å². The number of nitro groups is 1.